The number of ether oxygens (including phenoxy) is 1. The molecule has 0 saturated carbocycles. The van der Waals surface area contributed by atoms with Crippen LogP contribution in [0.4, 0.5) is 4.79 Å². The van der Waals surface area contributed by atoms with Crippen LogP contribution in [0.5, 0.6) is 0 Å². The Labute approximate surface area is 103 Å². The number of carbonyl (C=O) groups is 1. The van der Waals surface area contributed by atoms with Gasteiger partial charge in [0.1, 0.15) is 0 Å². The maximum absolute atomic E-state index is 11.7. The summed E-state index contributed by atoms with van der Waals surface area (Å²) in [4.78, 5) is 16.0. The van der Waals surface area contributed by atoms with Crippen LogP contribution < -0.4 is 5.32 Å². The summed E-state index contributed by atoms with van der Waals surface area (Å²) in [5, 5.41) is 2.98. The summed E-state index contributed by atoms with van der Waals surface area (Å²) in [5.41, 5.74) is 0. The summed E-state index contributed by atoms with van der Waals surface area (Å²) < 4.78 is 5.21. The Hall–Kier alpha value is -0.810. The summed E-state index contributed by atoms with van der Waals surface area (Å²) in [6.45, 7) is 7.14. The summed E-state index contributed by atoms with van der Waals surface area (Å²) in [6, 6.07) is 0.0646. The van der Waals surface area contributed by atoms with E-state index in [1.165, 1.54) is 25.9 Å². The normalized spacial score (nSPS) is 21.8. The highest BCUT2D eigenvalue weighted by atomic mass is 16.5. The van der Waals surface area contributed by atoms with E-state index >= 15 is 0 Å². The Kier molecular flexibility index (Phi) is 5.07. The summed E-state index contributed by atoms with van der Waals surface area (Å²) >= 11 is 0. The van der Waals surface area contributed by atoms with Crippen molar-refractivity contribution in [1.29, 1.82) is 0 Å². The van der Waals surface area contributed by atoms with Crippen LogP contribution in [0.3, 0.4) is 0 Å². The lowest BCUT2D eigenvalue weighted by molar-refractivity contribution is 0.0532. The number of nitrogens with zero attached hydrogens (tertiary/aromatic N) is 2. The van der Waals surface area contributed by atoms with E-state index in [1.807, 2.05) is 4.90 Å². The molecule has 0 atom stereocenters. The van der Waals surface area contributed by atoms with Gasteiger partial charge in [-0.25, -0.2) is 4.79 Å². The van der Waals surface area contributed by atoms with Crippen LogP contribution in [0.1, 0.15) is 19.3 Å². The van der Waals surface area contributed by atoms with Gasteiger partial charge in [0.05, 0.1) is 13.2 Å². The third-order valence-corrected chi connectivity index (χ3v) is 3.42. The lowest BCUT2D eigenvalue weighted by Crippen LogP contribution is -2.46. The molecule has 2 aliphatic rings. The van der Waals surface area contributed by atoms with Crippen molar-refractivity contribution in [2.45, 2.75) is 19.3 Å². The molecule has 2 heterocycles. The molecule has 1 N–H and O–H groups in total. The van der Waals surface area contributed by atoms with Gasteiger partial charge in [0.2, 0.25) is 0 Å². The summed E-state index contributed by atoms with van der Waals surface area (Å²) in [7, 11) is 0. The van der Waals surface area contributed by atoms with Crippen LogP contribution >= 0.6 is 0 Å². The van der Waals surface area contributed by atoms with Crippen molar-refractivity contribution < 1.29 is 9.53 Å². The molecule has 2 aliphatic heterocycles. The van der Waals surface area contributed by atoms with Gasteiger partial charge in [-0.2, -0.15) is 0 Å². The molecule has 0 aromatic heterocycles. The van der Waals surface area contributed by atoms with Gasteiger partial charge in [0.25, 0.3) is 0 Å². The van der Waals surface area contributed by atoms with Gasteiger partial charge in [-0.05, 0) is 38.9 Å². The van der Waals surface area contributed by atoms with Crippen molar-refractivity contribution in [2.24, 2.45) is 0 Å². The highest BCUT2D eigenvalue weighted by molar-refractivity contribution is 5.74. The predicted octanol–water partition coefficient (Wildman–Crippen LogP) is 0.514. The second-order valence-corrected chi connectivity index (χ2v) is 4.73. The second-order valence-electron chi connectivity index (χ2n) is 4.73. The minimum Gasteiger partial charge on any atom is -0.378 e. The number of hydrogen-bond donors (Lipinski definition) is 1. The number of morpholine rings is 1. The first-order valence-electron chi connectivity index (χ1n) is 6.69. The fraction of sp³-hybridized carbons (Fsp3) is 0.917. The average molecular weight is 241 g/mol. The first kappa shape index (κ1) is 12.6. The van der Waals surface area contributed by atoms with E-state index in [-0.39, 0.29) is 6.03 Å². The zero-order chi connectivity index (χ0) is 11.9. The molecule has 2 saturated heterocycles. The zero-order valence-corrected chi connectivity index (χ0v) is 10.5. The van der Waals surface area contributed by atoms with Crippen LogP contribution in [0.15, 0.2) is 0 Å². The number of nitrogens with one attached hydrogen (secondary N) is 1. The van der Waals surface area contributed by atoms with E-state index in [9.17, 15) is 4.79 Å². The molecule has 5 nitrogen and oxygen atoms in total. The van der Waals surface area contributed by atoms with Crippen LogP contribution in [0.25, 0.3) is 0 Å². The second kappa shape index (κ2) is 6.81. The van der Waals surface area contributed by atoms with Crippen LogP contribution in [0, 0.1) is 0 Å². The van der Waals surface area contributed by atoms with Crippen molar-refractivity contribution in [2.75, 3.05) is 52.5 Å². The monoisotopic (exact) mass is 241 g/mol. The lowest BCUT2D eigenvalue weighted by atomic mass is 10.4. The SMILES string of the molecule is O=C(NCCCN1CCCC1)N1CCOCC1. The molecule has 2 rings (SSSR count). The number of hydrogen-bond acceptors (Lipinski definition) is 3. The quantitative estimate of drug-likeness (QED) is 0.730. The van der Waals surface area contributed by atoms with Gasteiger partial charge < -0.3 is 19.9 Å². The number of urea groups is 1. The van der Waals surface area contributed by atoms with Gasteiger partial charge in [-0.3, -0.25) is 0 Å². The average Bonchev–Trinajstić information content (AvgIpc) is 2.88. The Morgan fingerprint density at radius 2 is 1.82 bits per heavy atom. The largest absolute Gasteiger partial charge is 0.378 e. The highest BCUT2D eigenvalue weighted by Gasteiger charge is 2.16. The topological polar surface area (TPSA) is 44.8 Å². The van der Waals surface area contributed by atoms with Gasteiger partial charge in [0.15, 0.2) is 0 Å². The molecule has 2 amide bonds. The van der Waals surface area contributed by atoms with Crippen molar-refractivity contribution >= 4 is 6.03 Å². The Bertz CT molecular complexity index is 236. The minimum atomic E-state index is 0.0646. The molecule has 2 fully saturated rings. The molecule has 5 heteroatoms. The number of rotatable bonds is 4. The molecule has 98 valence electrons. The van der Waals surface area contributed by atoms with E-state index in [2.05, 4.69) is 10.2 Å². The standard InChI is InChI=1S/C12H23N3O2/c16-12(15-8-10-17-11-9-15)13-4-3-7-14-5-1-2-6-14/h1-11H2,(H,13,16). The van der Waals surface area contributed by atoms with Crippen LogP contribution in [-0.4, -0.2) is 68.3 Å². The molecule has 0 unspecified atom stereocenters. The molecular formula is C12H23N3O2. The molecular weight excluding hydrogens is 218 g/mol. The van der Waals surface area contributed by atoms with Crippen molar-refractivity contribution in [1.82, 2.24) is 15.1 Å². The molecule has 0 aromatic rings. The first-order valence-corrected chi connectivity index (χ1v) is 6.69. The predicted molar refractivity (Wildman–Crippen MR) is 66.1 cm³/mol. The number of carbonyl (C=O) groups excluding carboxylic acids is 1. The van der Waals surface area contributed by atoms with Gasteiger partial charge >= 0.3 is 6.03 Å². The minimum absolute atomic E-state index is 0.0646. The van der Waals surface area contributed by atoms with Gasteiger partial charge in [-0.1, -0.05) is 0 Å². The molecule has 0 aliphatic carbocycles. The number of amides is 2. The lowest BCUT2D eigenvalue weighted by Gasteiger charge is -2.27. The molecule has 17 heavy (non-hydrogen) atoms. The van der Waals surface area contributed by atoms with E-state index in [4.69, 9.17) is 4.74 Å². The first-order chi connectivity index (χ1) is 8.36. The van der Waals surface area contributed by atoms with Crippen molar-refractivity contribution in [3.05, 3.63) is 0 Å². The van der Waals surface area contributed by atoms with Crippen molar-refractivity contribution in [3.63, 3.8) is 0 Å². The fourth-order valence-electron chi connectivity index (χ4n) is 2.38. The number of likely N-dealkylation sites (tertiary alicyclic amines) is 1. The third-order valence-electron chi connectivity index (χ3n) is 3.42. The smallest absolute Gasteiger partial charge is 0.317 e. The summed E-state index contributed by atoms with van der Waals surface area (Å²) in [6.07, 6.45) is 3.72. The Balaban J connectivity index is 1.53. The van der Waals surface area contributed by atoms with Crippen molar-refractivity contribution in [3.8, 4) is 0 Å². The van der Waals surface area contributed by atoms with E-state index in [1.54, 1.807) is 0 Å². The Morgan fingerprint density at radius 3 is 2.53 bits per heavy atom. The van der Waals surface area contributed by atoms with Crippen LogP contribution in [-0.2, 0) is 4.74 Å². The molecule has 0 bridgehead atoms. The van der Waals surface area contributed by atoms with Crippen LogP contribution in [0.2, 0.25) is 0 Å². The summed E-state index contributed by atoms with van der Waals surface area (Å²) in [5.74, 6) is 0. The van der Waals surface area contributed by atoms with Gasteiger partial charge in [0, 0.05) is 19.6 Å². The van der Waals surface area contributed by atoms with Gasteiger partial charge in [-0.15, -0.1) is 0 Å². The maximum Gasteiger partial charge on any atom is 0.317 e. The molecule has 0 spiro atoms. The Morgan fingerprint density at radius 1 is 1.12 bits per heavy atom. The maximum atomic E-state index is 11.7. The third kappa shape index (κ3) is 4.16. The highest BCUT2D eigenvalue weighted by Crippen LogP contribution is 2.06. The fourth-order valence-corrected chi connectivity index (χ4v) is 2.38. The van der Waals surface area contributed by atoms with E-state index in [0.717, 1.165) is 32.6 Å². The van der Waals surface area contributed by atoms with E-state index in [0.29, 0.717) is 13.2 Å². The van der Waals surface area contributed by atoms with E-state index < -0.39 is 0 Å². The zero-order valence-electron chi connectivity index (χ0n) is 10.5. The molecule has 0 aromatic carbocycles. The molecule has 0 radical (unpaired) electrons.